The first kappa shape index (κ1) is 44.0. The molecule has 92 valence electrons. The Morgan fingerprint density at radius 1 is 0.714 bits per heavy atom. The van der Waals surface area contributed by atoms with Crippen molar-refractivity contribution >= 4 is 37.7 Å². The van der Waals surface area contributed by atoms with E-state index in [4.69, 9.17) is 15.5 Å². The molecule has 0 unspecified atom stereocenters. The molecule has 0 N–H and O–H groups in total. The Hall–Kier alpha value is 2.39. The van der Waals surface area contributed by atoms with Gasteiger partial charge in [-0.3, -0.25) is 0 Å². The van der Waals surface area contributed by atoms with E-state index in [0.29, 0.717) is 0 Å². The topological polar surface area (TPSA) is 68.3 Å². The maximum absolute atomic E-state index is 8.34. The van der Waals surface area contributed by atoms with Gasteiger partial charge in [0.1, 0.15) is 0 Å². The van der Waals surface area contributed by atoms with Crippen LogP contribution >= 0.6 is 0 Å². The van der Waals surface area contributed by atoms with Crippen LogP contribution < -0.4 is 0 Å². The fourth-order valence-corrected chi connectivity index (χ4v) is 0. The molecular formula is C4H12Co2Li2Ni2O4. The molecule has 0 aliphatic heterocycles. The van der Waals surface area contributed by atoms with Crippen LogP contribution in [0.5, 0.6) is 0 Å². The van der Waals surface area contributed by atoms with Crippen LogP contribution in [0.1, 0.15) is 26.7 Å². The van der Waals surface area contributed by atoms with Gasteiger partial charge in [0.25, 0.3) is 0 Å². The molecular weight excluding hydrogens is 361 g/mol. The van der Waals surface area contributed by atoms with Crippen molar-refractivity contribution in [2.75, 3.05) is 0 Å². The maximum atomic E-state index is 8.34. The molecule has 10 heteroatoms. The minimum absolute atomic E-state index is 0. The Labute approximate surface area is 140 Å². The minimum atomic E-state index is -1.06. The molecule has 0 fully saturated rings. The Morgan fingerprint density at radius 3 is 0.786 bits per heavy atom. The molecule has 4 nitrogen and oxygen atoms in total. The Kier molecular flexibility index (Phi) is 245. The number of unbranched alkanes of at least 4 members (excludes halogenated alkanes) is 1. The molecule has 0 aliphatic carbocycles. The van der Waals surface area contributed by atoms with Gasteiger partial charge in [-0.15, -0.1) is 0 Å². The van der Waals surface area contributed by atoms with Crippen LogP contribution in [-0.2, 0) is 77.6 Å². The zero-order valence-corrected chi connectivity index (χ0v) is 10.4. The van der Waals surface area contributed by atoms with Crippen LogP contribution in [0.2, 0.25) is 0 Å². The molecule has 0 bridgehead atoms. The molecule has 0 atom stereocenters. The van der Waals surface area contributed by atoms with E-state index < -0.39 is 29.1 Å². The molecule has 0 aromatic rings. The second-order valence-corrected chi connectivity index (χ2v) is 1.46. The Morgan fingerprint density at radius 2 is 0.786 bits per heavy atom. The van der Waals surface area contributed by atoms with Gasteiger partial charge in [-0.25, -0.2) is 0 Å². The molecule has 0 spiro atoms. The summed E-state index contributed by atoms with van der Waals surface area (Å²) in [4.78, 5) is 0. The van der Waals surface area contributed by atoms with E-state index in [1.165, 1.54) is 12.8 Å². The average Bonchev–Trinajstić information content (AvgIpc) is 1.91. The molecule has 0 saturated heterocycles. The SMILES string of the molecule is CCCC.[LiH].[LiH].[Ni].[Ni].[O]=[Co]=[O].[O]=[Co]=[O]. The molecule has 0 radical (unpaired) electrons. The zero-order chi connectivity index (χ0) is 8.83. The monoisotopic (exact) mass is 372 g/mol. The number of rotatable bonds is 1. The second-order valence-electron chi connectivity index (χ2n) is 1.11. The van der Waals surface area contributed by atoms with Crippen LogP contribution in [0.3, 0.4) is 0 Å². The average molecular weight is 373 g/mol. The van der Waals surface area contributed by atoms with Crippen LogP contribution in [0.4, 0.5) is 0 Å². The standard InChI is InChI=1S/C4H10.2Co.2Li.2Ni.4O.2H/c1-3-4-2;;;;;;;;;;;;/h3-4H2,1-2H3;;;;;;;;;;;;. The summed E-state index contributed by atoms with van der Waals surface area (Å²) >= 11 is -2.12. The fourth-order valence-electron chi connectivity index (χ4n) is 0. The molecule has 0 heterocycles. The Bertz CT molecular complexity index is 104. The van der Waals surface area contributed by atoms with E-state index in [9.17, 15) is 0 Å². The summed E-state index contributed by atoms with van der Waals surface area (Å²) in [5, 5.41) is 0. The normalized spacial score (nSPS) is 4.43. The summed E-state index contributed by atoms with van der Waals surface area (Å²) in [6, 6.07) is 0. The number of hydrogen-bond donors (Lipinski definition) is 0. The molecule has 0 rings (SSSR count). The van der Waals surface area contributed by atoms with Crippen LogP contribution in [-0.4, -0.2) is 37.7 Å². The van der Waals surface area contributed by atoms with E-state index in [0.717, 1.165) is 0 Å². The summed E-state index contributed by atoms with van der Waals surface area (Å²) in [6.07, 6.45) is 2.64. The predicted molar refractivity (Wildman–Crippen MR) is 37.6 cm³/mol. The summed E-state index contributed by atoms with van der Waals surface area (Å²) in [6.45, 7) is 4.36. The van der Waals surface area contributed by atoms with Crippen molar-refractivity contribution in [3.63, 3.8) is 0 Å². The first-order valence-corrected chi connectivity index (χ1v) is 4.16. The van der Waals surface area contributed by atoms with E-state index in [-0.39, 0.29) is 70.7 Å². The van der Waals surface area contributed by atoms with Gasteiger partial charge in [-0.05, 0) is 0 Å². The molecule has 0 aromatic heterocycles. The third kappa shape index (κ3) is 224. The predicted octanol–water partition coefficient (Wildman–Crippen LogP) is 0.0242. The van der Waals surface area contributed by atoms with Crippen molar-refractivity contribution in [3.05, 3.63) is 0 Å². The van der Waals surface area contributed by atoms with Crippen molar-refractivity contribution in [1.29, 1.82) is 0 Å². The van der Waals surface area contributed by atoms with Crippen molar-refractivity contribution in [2.24, 2.45) is 0 Å². The van der Waals surface area contributed by atoms with Gasteiger partial charge in [0, 0.05) is 33.0 Å². The van der Waals surface area contributed by atoms with Crippen molar-refractivity contribution in [1.82, 2.24) is 0 Å². The van der Waals surface area contributed by atoms with Gasteiger partial charge in [0.05, 0.1) is 0 Å². The molecule has 0 amide bonds. The third-order valence-electron chi connectivity index (χ3n) is 0.500. The zero-order valence-electron chi connectivity index (χ0n) is 6.35. The van der Waals surface area contributed by atoms with Gasteiger partial charge in [0.2, 0.25) is 0 Å². The summed E-state index contributed by atoms with van der Waals surface area (Å²) in [5.41, 5.74) is 0. The van der Waals surface area contributed by atoms with Gasteiger partial charge >= 0.3 is 82.3 Å². The van der Waals surface area contributed by atoms with E-state index in [1.807, 2.05) is 0 Å². The van der Waals surface area contributed by atoms with E-state index in [2.05, 4.69) is 13.8 Å². The molecule has 0 saturated carbocycles. The van der Waals surface area contributed by atoms with Gasteiger partial charge in [-0.1, -0.05) is 26.7 Å². The van der Waals surface area contributed by atoms with Crippen LogP contribution in [0, 0.1) is 0 Å². The van der Waals surface area contributed by atoms with Gasteiger partial charge in [-0.2, -0.15) is 0 Å². The van der Waals surface area contributed by atoms with Crippen LogP contribution in [0.25, 0.3) is 0 Å². The van der Waals surface area contributed by atoms with Crippen molar-refractivity contribution < 1.29 is 77.6 Å². The third-order valence-corrected chi connectivity index (χ3v) is 0.500. The second kappa shape index (κ2) is 78.0. The van der Waals surface area contributed by atoms with E-state index >= 15 is 0 Å². The number of hydrogen-bond acceptors (Lipinski definition) is 4. The molecule has 0 aliphatic rings. The van der Waals surface area contributed by atoms with Gasteiger partial charge in [0.15, 0.2) is 0 Å². The summed E-state index contributed by atoms with van der Waals surface area (Å²) in [5.74, 6) is 0. The van der Waals surface area contributed by atoms with Crippen molar-refractivity contribution in [2.45, 2.75) is 26.7 Å². The molecule has 14 heavy (non-hydrogen) atoms. The summed E-state index contributed by atoms with van der Waals surface area (Å²) in [7, 11) is 0. The van der Waals surface area contributed by atoms with Crippen LogP contribution in [0.15, 0.2) is 0 Å². The molecule has 0 aromatic carbocycles. The van der Waals surface area contributed by atoms with E-state index in [1.54, 1.807) is 0 Å². The summed E-state index contributed by atoms with van der Waals surface area (Å²) < 4.78 is 33.4. The van der Waals surface area contributed by atoms with Gasteiger partial charge < -0.3 is 0 Å². The van der Waals surface area contributed by atoms with Crippen molar-refractivity contribution in [3.8, 4) is 0 Å². The first-order valence-electron chi connectivity index (χ1n) is 2.46. The Balaban J connectivity index is -0.00000000929. The quantitative estimate of drug-likeness (QED) is 0.608. The first-order chi connectivity index (χ1) is 4.74. The fraction of sp³-hybridized carbons (Fsp3) is 1.00.